The fourth-order valence-corrected chi connectivity index (χ4v) is 4.59. The van der Waals surface area contributed by atoms with Crippen molar-refractivity contribution in [2.45, 2.75) is 74.4 Å². The lowest BCUT2D eigenvalue weighted by Gasteiger charge is -2.21. The SMILES string of the molecule is CC(C)c1noc(C(C)Sc2nnc(NC3CCCCC3)s2)n1. The molecule has 0 bridgehead atoms. The molecule has 3 rings (SSSR count). The highest BCUT2D eigenvalue weighted by molar-refractivity contribution is 8.01. The predicted molar refractivity (Wildman–Crippen MR) is 93.1 cm³/mol. The molecule has 1 aliphatic carbocycles. The summed E-state index contributed by atoms with van der Waals surface area (Å²) < 4.78 is 6.28. The van der Waals surface area contributed by atoms with Crippen molar-refractivity contribution in [3.8, 4) is 0 Å². The minimum absolute atomic E-state index is 0.0745. The molecule has 1 aliphatic rings. The summed E-state index contributed by atoms with van der Waals surface area (Å²) in [6, 6.07) is 0.552. The van der Waals surface area contributed by atoms with Gasteiger partial charge < -0.3 is 9.84 Å². The van der Waals surface area contributed by atoms with Crippen LogP contribution in [0.1, 0.15) is 75.8 Å². The Morgan fingerprint density at radius 2 is 1.96 bits per heavy atom. The maximum atomic E-state index is 5.35. The quantitative estimate of drug-likeness (QED) is 0.758. The highest BCUT2D eigenvalue weighted by atomic mass is 32.2. The summed E-state index contributed by atoms with van der Waals surface area (Å²) in [7, 11) is 0. The average molecular weight is 354 g/mol. The van der Waals surface area contributed by atoms with Crippen LogP contribution in [-0.4, -0.2) is 26.4 Å². The summed E-state index contributed by atoms with van der Waals surface area (Å²) in [6.07, 6.45) is 6.45. The number of anilines is 1. The average Bonchev–Trinajstić information content (AvgIpc) is 3.18. The van der Waals surface area contributed by atoms with Crippen molar-refractivity contribution in [3.63, 3.8) is 0 Å². The molecule has 2 aromatic rings. The van der Waals surface area contributed by atoms with Crippen molar-refractivity contribution in [1.82, 2.24) is 20.3 Å². The molecule has 0 aliphatic heterocycles. The van der Waals surface area contributed by atoms with E-state index in [4.69, 9.17) is 4.52 Å². The van der Waals surface area contributed by atoms with Gasteiger partial charge in [0.05, 0.1) is 5.25 Å². The smallest absolute Gasteiger partial charge is 0.239 e. The summed E-state index contributed by atoms with van der Waals surface area (Å²) in [5.74, 6) is 1.68. The van der Waals surface area contributed by atoms with E-state index in [1.54, 1.807) is 23.1 Å². The number of aromatic nitrogens is 4. The zero-order valence-corrected chi connectivity index (χ0v) is 15.4. The normalized spacial score (nSPS) is 17.6. The third kappa shape index (κ3) is 4.44. The van der Waals surface area contributed by atoms with Crippen LogP contribution in [0.25, 0.3) is 0 Å². The standard InChI is InChI=1S/C15H23N5OS2/c1-9(2)12-17-13(21-20-12)10(3)22-15-19-18-14(23-15)16-11-7-5-4-6-8-11/h9-11H,4-8H2,1-3H3,(H,16,18). The summed E-state index contributed by atoms with van der Waals surface area (Å²) in [5, 5.41) is 17.0. The number of hydrogen-bond acceptors (Lipinski definition) is 8. The van der Waals surface area contributed by atoms with E-state index in [0.717, 1.165) is 15.3 Å². The molecular weight excluding hydrogens is 330 g/mol. The number of nitrogens with one attached hydrogen (secondary N) is 1. The molecule has 1 N–H and O–H groups in total. The molecule has 0 aromatic carbocycles. The molecular formula is C15H23N5OS2. The van der Waals surface area contributed by atoms with E-state index in [-0.39, 0.29) is 11.2 Å². The third-order valence-corrected chi connectivity index (χ3v) is 5.96. The van der Waals surface area contributed by atoms with Gasteiger partial charge in [0, 0.05) is 12.0 Å². The molecule has 1 saturated carbocycles. The van der Waals surface area contributed by atoms with E-state index < -0.39 is 0 Å². The van der Waals surface area contributed by atoms with Gasteiger partial charge in [-0.15, -0.1) is 10.2 Å². The summed E-state index contributed by atoms with van der Waals surface area (Å²) >= 11 is 3.22. The zero-order valence-electron chi connectivity index (χ0n) is 13.8. The van der Waals surface area contributed by atoms with Crippen molar-refractivity contribution in [1.29, 1.82) is 0 Å². The Balaban J connectivity index is 1.57. The monoisotopic (exact) mass is 353 g/mol. The van der Waals surface area contributed by atoms with E-state index in [9.17, 15) is 0 Å². The van der Waals surface area contributed by atoms with Gasteiger partial charge in [-0.2, -0.15) is 4.98 Å². The molecule has 0 spiro atoms. The first-order chi connectivity index (χ1) is 11.1. The van der Waals surface area contributed by atoms with Gasteiger partial charge in [-0.25, -0.2) is 0 Å². The van der Waals surface area contributed by atoms with Gasteiger partial charge in [0.25, 0.3) is 0 Å². The minimum Gasteiger partial charge on any atom is -0.357 e. The molecule has 0 radical (unpaired) electrons. The lowest BCUT2D eigenvalue weighted by Crippen LogP contribution is -2.21. The first-order valence-electron chi connectivity index (χ1n) is 8.22. The lowest BCUT2D eigenvalue weighted by molar-refractivity contribution is 0.373. The van der Waals surface area contributed by atoms with Crippen LogP contribution in [-0.2, 0) is 0 Å². The van der Waals surface area contributed by atoms with E-state index in [2.05, 4.69) is 46.4 Å². The molecule has 23 heavy (non-hydrogen) atoms. The number of nitrogens with zero attached hydrogens (tertiary/aromatic N) is 4. The van der Waals surface area contributed by atoms with Crippen LogP contribution < -0.4 is 5.32 Å². The molecule has 8 heteroatoms. The van der Waals surface area contributed by atoms with Crippen LogP contribution in [0, 0.1) is 0 Å². The molecule has 0 saturated heterocycles. The third-order valence-electron chi connectivity index (χ3n) is 3.94. The van der Waals surface area contributed by atoms with Gasteiger partial charge in [-0.1, -0.05) is 61.4 Å². The van der Waals surface area contributed by atoms with Crippen LogP contribution in [0.2, 0.25) is 0 Å². The fraction of sp³-hybridized carbons (Fsp3) is 0.733. The maximum Gasteiger partial charge on any atom is 0.239 e. The lowest BCUT2D eigenvalue weighted by atomic mass is 9.96. The van der Waals surface area contributed by atoms with Crippen molar-refractivity contribution in [2.24, 2.45) is 0 Å². The molecule has 1 unspecified atom stereocenters. The van der Waals surface area contributed by atoms with Gasteiger partial charge in [-0.3, -0.25) is 0 Å². The highest BCUT2D eigenvalue weighted by Crippen LogP contribution is 2.37. The first-order valence-corrected chi connectivity index (χ1v) is 9.91. The van der Waals surface area contributed by atoms with Crippen molar-refractivity contribution < 1.29 is 4.52 Å². The Hall–Kier alpha value is -1.15. The van der Waals surface area contributed by atoms with Gasteiger partial charge in [0.15, 0.2) is 10.2 Å². The first kappa shape index (κ1) is 16.7. The second kappa shape index (κ2) is 7.61. The predicted octanol–water partition coefficient (Wildman–Crippen LogP) is 4.64. The summed E-state index contributed by atoms with van der Waals surface area (Å²) in [6.45, 7) is 6.17. The second-order valence-electron chi connectivity index (χ2n) is 6.26. The van der Waals surface area contributed by atoms with Crippen molar-refractivity contribution in [2.75, 3.05) is 5.32 Å². The molecule has 2 heterocycles. The van der Waals surface area contributed by atoms with Gasteiger partial charge in [0.1, 0.15) is 0 Å². The van der Waals surface area contributed by atoms with Crippen LogP contribution in [0.5, 0.6) is 0 Å². The highest BCUT2D eigenvalue weighted by Gasteiger charge is 2.20. The van der Waals surface area contributed by atoms with Crippen LogP contribution in [0.3, 0.4) is 0 Å². The number of rotatable bonds is 6. The minimum atomic E-state index is 0.0745. The molecule has 1 atom stereocenters. The van der Waals surface area contributed by atoms with E-state index in [1.807, 2.05) is 0 Å². The van der Waals surface area contributed by atoms with Gasteiger partial charge in [-0.05, 0) is 19.8 Å². The molecule has 1 fully saturated rings. The Labute approximate surface area is 144 Å². The van der Waals surface area contributed by atoms with Gasteiger partial charge >= 0.3 is 0 Å². The van der Waals surface area contributed by atoms with E-state index >= 15 is 0 Å². The molecule has 6 nitrogen and oxygen atoms in total. The van der Waals surface area contributed by atoms with E-state index in [0.29, 0.717) is 11.9 Å². The topological polar surface area (TPSA) is 76.7 Å². The zero-order chi connectivity index (χ0) is 16.2. The Morgan fingerprint density at radius 1 is 1.17 bits per heavy atom. The van der Waals surface area contributed by atoms with Crippen LogP contribution >= 0.6 is 23.1 Å². The van der Waals surface area contributed by atoms with E-state index in [1.165, 1.54) is 32.1 Å². The Kier molecular flexibility index (Phi) is 5.53. The second-order valence-corrected chi connectivity index (χ2v) is 8.82. The number of hydrogen-bond donors (Lipinski definition) is 1. The fourth-order valence-electron chi connectivity index (χ4n) is 2.59. The van der Waals surface area contributed by atoms with Crippen molar-refractivity contribution in [3.05, 3.63) is 11.7 Å². The van der Waals surface area contributed by atoms with Crippen LogP contribution in [0.4, 0.5) is 5.13 Å². The largest absolute Gasteiger partial charge is 0.357 e. The molecule has 0 amide bonds. The summed E-state index contributed by atoms with van der Waals surface area (Å²) in [5.41, 5.74) is 0. The number of thioether (sulfide) groups is 1. The van der Waals surface area contributed by atoms with Crippen molar-refractivity contribution >= 4 is 28.2 Å². The van der Waals surface area contributed by atoms with Gasteiger partial charge in [0.2, 0.25) is 11.0 Å². The molecule has 126 valence electrons. The molecule has 2 aromatic heterocycles. The Morgan fingerprint density at radius 3 is 2.65 bits per heavy atom. The summed E-state index contributed by atoms with van der Waals surface area (Å²) in [4.78, 5) is 4.45. The Bertz CT molecular complexity index is 621. The van der Waals surface area contributed by atoms with Crippen LogP contribution in [0.15, 0.2) is 8.86 Å². The maximum absolute atomic E-state index is 5.35.